The number of esters is 1. The minimum atomic E-state index is -1.49. The summed E-state index contributed by atoms with van der Waals surface area (Å²) in [5, 5.41) is 35.2. The van der Waals surface area contributed by atoms with Crippen molar-refractivity contribution in [3.05, 3.63) is 65.7 Å². The fourth-order valence-corrected chi connectivity index (χ4v) is 6.30. The number of carboxylic acid groups (broad SMARTS) is 1. The number of phenols is 1. The molecule has 6 atom stereocenters. The predicted octanol–water partition coefficient (Wildman–Crippen LogP) is 0.899. The first-order valence-corrected chi connectivity index (χ1v) is 19.6. The number of carbonyl (C=O) groups excluding carboxylic acids is 7. The summed E-state index contributed by atoms with van der Waals surface area (Å²) in [6.07, 6.45) is 0.508. The van der Waals surface area contributed by atoms with Crippen LogP contribution >= 0.6 is 0 Å². The first-order chi connectivity index (χ1) is 28.0. The zero-order valence-electron chi connectivity index (χ0n) is 34.1. The van der Waals surface area contributed by atoms with Gasteiger partial charge in [0.25, 0.3) is 0 Å². The summed E-state index contributed by atoms with van der Waals surface area (Å²) in [4.78, 5) is 107. The monoisotopic (exact) mass is 823 g/mol. The summed E-state index contributed by atoms with van der Waals surface area (Å²) in [5.41, 5.74) is 1.52. The third-order valence-electron chi connectivity index (χ3n) is 10.1. The van der Waals surface area contributed by atoms with Crippen LogP contribution in [0.1, 0.15) is 70.4 Å². The van der Waals surface area contributed by atoms with Crippen LogP contribution in [0.2, 0.25) is 0 Å². The molecule has 18 nitrogen and oxygen atoms in total. The van der Waals surface area contributed by atoms with E-state index in [1.807, 2.05) is 18.2 Å². The molecule has 1 heterocycles. The smallest absolute Gasteiger partial charge is 0.326 e. The number of aromatic hydroxyl groups is 1. The lowest BCUT2D eigenvalue weighted by Crippen LogP contribution is -2.60. The number of ether oxygens (including phenoxy) is 1. The number of aryl methyl sites for hydroxylation is 1. The van der Waals surface area contributed by atoms with Crippen LogP contribution in [0.5, 0.6) is 5.75 Å². The highest BCUT2D eigenvalue weighted by atomic mass is 16.5. The molecule has 2 aromatic carbocycles. The number of hydrogen-bond donors (Lipinski definition) is 8. The Balaban J connectivity index is 1.96. The largest absolute Gasteiger partial charge is 0.508 e. The Hall–Kier alpha value is -6.20. The van der Waals surface area contributed by atoms with E-state index in [2.05, 4.69) is 36.6 Å². The Morgan fingerprint density at radius 3 is 2.15 bits per heavy atom. The number of amides is 7. The zero-order chi connectivity index (χ0) is 43.6. The van der Waals surface area contributed by atoms with Gasteiger partial charge in [-0.3, -0.25) is 28.8 Å². The summed E-state index contributed by atoms with van der Waals surface area (Å²) < 4.78 is 4.56. The molecule has 0 bridgehead atoms. The molecular weight excluding hydrogens is 766 g/mol. The summed E-state index contributed by atoms with van der Waals surface area (Å²) in [5.74, 6) is -5.77. The molecule has 18 heteroatoms. The minimum Gasteiger partial charge on any atom is -0.508 e. The number of carboxylic acids is 1. The topological polar surface area (TPSA) is 262 Å². The Labute approximate surface area is 343 Å². The maximum Gasteiger partial charge on any atom is 0.326 e. The van der Waals surface area contributed by atoms with Crippen molar-refractivity contribution in [2.24, 2.45) is 5.92 Å². The van der Waals surface area contributed by atoms with Gasteiger partial charge in [0, 0.05) is 26.4 Å². The average molecular weight is 824 g/mol. The molecule has 3 rings (SSSR count). The molecule has 0 spiro atoms. The van der Waals surface area contributed by atoms with E-state index in [-0.39, 0.29) is 57.2 Å². The van der Waals surface area contributed by atoms with Crippen LogP contribution in [0.15, 0.2) is 54.6 Å². The molecule has 1 aliphatic heterocycles. The molecule has 0 saturated carbocycles. The standard InChI is InChI=1S/C41H57N7O11/c1-24(2)34-38(54)43-30(19-16-26-14-17-28(49)18-15-26)39(55)48(4)25(3)35(51)44-32(23-27-11-7-6-8-12-27)36(52)42-22-10-9-13-29(37(53)47-34)45-41(58)46-31(40(56)57)20-21-33(50)59-5/h6-8,11-12,14-15,17-18,24-25,29-32,34,49H,9-10,13,16,19-23H2,1-5H3,(H,42,52)(H,43,54)(H,44,51)(H,47,53)(H,56,57)(H2,45,46,58). The molecule has 6 unspecified atom stereocenters. The van der Waals surface area contributed by atoms with Gasteiger partial charge in [0.2, 0.25) is 29.5 Å². The summed E-state index contributed by atoms with van der Waals surface area (Å²) in [6, 6.07) is 7.03. The van der Waals surface area contributed by atoms with Crippen LogP contribution in [0, 0.1) is 5.92 Å². The van der Waals surface area contributed by atoms with Crippen molar-refractivity contribution in [2.45, 2.75) is 108 Å². The molecule has 1 saturated heterocycles. The third-order valence-corrected chi connectivity index (χ3v) is 10.1. The van der Waals surface area contributed by atoms with E-state index in [4.69, 9.17) is 0 Å². The average Bonchev–Trinajstić information content (AvgIpc) is 3.21. The summed E-state index contributed by atoms with van der Waals surface area (Å²) in [7, 11) is 2.55. The molecule has 1 aliphatic rings. The van der Waals surface area contributed by atoms with Crippen LogP contribution in [-0.4, -0.2) is 120 Å². The van der Waals surface area contributed by atoms with Crippen molar-refractivity contribution in [3.8, 4) is 5.75 Å². The van der Waals surface area contributed by atoms with Gasteiger partial charge >= 0.3 is 18.0 Å². The second-order valence-corrected chi connectivity index (χ2v) is 14.8. The van der Waals surface area contributed by atoms with Crippen LogP contribution in [0.3, 0.4) is 0 Å². The molecule has 322 valence electrons. The highest BCUT2D eigenvalue weighted by Crippen LogP contribution is 2.15. The number of rotatable bonds is 12. The van der Waals surface area contributed by atoms with Gasteiger partial charge in [-0.05, 0) is 74.6 Å². The predicted molar refractivity (Wildman–Crippen MR) is 214 cm³/mol. The minimum absolute atomic E-state index is 0.00167. The van der Waals surface area contributed by atoms with E-state index >= 15 is 0 Å². The number of benzene rings is 2. The first kappa shape index (κ1) is 47.2. The van der Waals surface area contributed by atoms with Gasteiger partial charge in [0.1, 0.15) is 42.0 Å². The molecule has 8 N–H and O–H groups in total. The van der Waals surface area contributed by atoms with Gasteiger partial charge in [-0.1, -0.05) is 56.3 Å². The van der Waals surface area contributed by atoms with Gasteiger partial charge in [0.05, 0.1) is 7.11 Å². The van der Waals surface area contributed by atoms with E-state index in [0.717, 1.165) is 18.2 Å². The van der Waals surface area contributed by atoms with Crippen molar-refractivity contribution < 1.29 is 53.3 Å². The van der Waals surface area contributed by atoms with Crippen LogP contribution in [0.4, 0.5) is 4.79 Å². The van der Waals surface area contributed by atoms with Crippen molar-refractivity contribution in [1.82, 2.24) is 36.8 Å². The third kappa shape index (κ3) is 15.2. The summed E-state index contributed by atoms with van der Waals surface area (Å²) >= 11 is 0. The molecule has 2 aromatic rings. The highest BCUT2D eigenvalue weighted by molar-refractivity contribution is 5.96. The number of urea groups is 1. The van der Waals surface area contributed by atoms with E-state index < -0.39 is 89.7 Å². The van der Waals surface area contributed by atoms with Gasteiger partial charge in [0.15, 0.2) is 0 Å². The number of hydrogen-bond acceptors (Lipinski definition) is 10. The van der Waals surface area contributed by atoms with Crippen molar-refractivity contribution in [2.75, 3.05) is 20.7 Å². The van der Waals surface area contributed by atoms with Crippen LogP contribution < -0.4 is 31.9 Å². The van der Waals surface area contributed by atoms with Crippen molar-refractivity contribution in [3.63, 3.8) is 0 Å². The van der Waals surface area contributed by atoms with E-state index in [0.29, 0.717) is 6.42 Å². The fourth-order valence-electron chi connectivity index (χ4n) is 6.30. The SMILES string of the molecule is COC(=O)CCC(NC(=O)NC1CCCCNC(=O)C(Cc2ccccc2)NC(=O)C(C)N(C)C(=O)C(CCc2ccc(O)cc2)NC(=O)C(C(C)C)NC1=O)C(=O)O. The second-order valence-electron chi connectivity index (χ2n) is 14.8. The number of nitrogens with zero attached hydrogens (tertiary/aromatic N) is 1. The van der Waals surface area contributed by atoms with Crippen molar-refractivity contribution in [1.29, 1.82) is 0 Å². The molecule has 59 heavy (non-hydrogen) atoms. The van der Waals surface area contributed by atoms with Crippen molar-refractivity contribution >= 4 is 47.5 Å². The fraction of sp³-hybridized carbons (Fsp3) is 0.512. The first-order valence-electron chi connectivity index (χ1n) is 19.6. The maximum atomic E-state index is 14.2. The van der Waals surface area contributed by atoms with Gasteiger partial charge < -0.3 is 51.8 Å². The highest BCUT2D eigenvalue weighted by Gasteiger charge is 2.35. The van der Waals surface area contributed by atoms with Crippen LogP contribution in [-0.2, 0) is 51.1 Å². The summed E-state index contributed by atoms with van der Waals surface area (Å²) in [6.45, 7) is 4.98. The maximum absolute atomic E-state index is 14.2. The lowest BCUT2D eigenvalue weighted by molar-refractivity contribution is -0.142. The Morgan fingerprint density at radius 2 is 1.53 bits per heavy atom. The number of carbonyl (C=O) groups is 8. The number of nitrogens with one attached hydrogen (secondary N) is 6. The Bertz CT molecular complexity index is 1770. The van der Waals surface area contributed by atoms with E-state index in [1.54, 1.807) is 38.1 Å². The molecule has 0 aromatic heterocycles. The molecular formula is C41H57N7O11. The second kappa shape index (κ2) is 23.3. The van der Waals surface area contributed by atoms with Gasteiger partial charge in [-0.25, -0.2) is 9.59 Å². The van der Waals surface area contributed by atoms with E-state index in [9.17, 15) is 48.6 Å². The van der Waals surface area contributed by atoms with E-state index in [1.165, 1.54) is 31.0 Å². The molecule has 0 aliphatic carbocycles. The normalized spacial score (nSPS) is 22.0. The number of likely N-dealkylation sites (N-methyl/N-ethyl adjacent to an activating group) is 1. The Kier molecular flexibility index (Phi) is 18.6. The number of phenolic OH excluding ortho intramolecular Hbond substituents is 1. The zero-order valence-corrected chi connectivity index (χ0v) is 34.1. The van der Waals surface area contributed by atoms with Crippen LogP contribution in [0.25, 0.3) is 0 Å². The van der Waals surface area contributed by atoms with Gasteiger partial charge in [-0.15, -0.1) is 0 Å². The number of aliphatic carboxylic acids is 1. The molecule has 1 fully saturated rings. The molecule has 0 radical (unpaired) electrons. The Morgan fingerprint density at radius 1 is 0.864 bits per heavy atom. The lowest BCUT2D eigenvalue weighted by atomic mass is 9.99. The lowest BCUT2D eigenvalue weighted by Gasteiger charge is -2.31. The van der Waals surface area contributed by atoms with Gasteiger partial charge in [-0.2, -0.15) is 0 Å². The number of methoxy groups -OCH3 is 1. The quantitative estimate of drug-likeness (QED) is 0.140. The molecule has 7 amide bonds.